The lowest BCUT2D eigenvalue weighted by atomic mass is 9.93. The van der Waals surface area contributed by atoms with Crippen LogP contribution in [0.4, 0.5) is 0 Å². The molecule has 11 aromatic rings. The Kier molecular flexibility index (Phi) is 5.08. The van der Waals surface area contributed by atoms with Crippen LogP contribution in [0.1, 0.15) is 0 Å². The Bertz CT molecular complexity index is 3130. The molecule has 4 nitrogen and oxygen atoms in total. The van der Waals surface area contributed by atoms with E-state index in [1.165, 1.54) is 5.39 Å². The van der Waals surface area contributed by atoms with Gasteiger partial charge in [0.05, 0.1) is 27.6 Å². The highest BCUT2D eigenvalue weighted by Crippen LogP contribution is 2.43. The first kappa shape index (κ1) is 25.6. The predicted molar refractivity (Wildman–Crippen MR) is 197 cm³/mol. The summed E-state index contributed by atoms with van der Waals surface area (Å²) in [6.07, 6.45) is 0. The van der Waals surface area contributed by atoms with Crippen molar-refractivity contribution in [2.45, 2.75) is 0 Å². The van der Waals surface area contributed by atoms with E-state index in [-0.39, 0.29) is 0 Å². The van der Waals surface area contributed by atoms with Gasteiger partial charge in [-0.3, -0.25) is 0 Å². The van der Waals surface area contributed by atoms with E-state index in [9.17, 15) is 0 Å². The van der Waals surface area contributed by atoms with Crippen molar-refractivity contribution in [3.05, 3.63) is 146 Å². The Balaban J connectivity index is 1.20. The first-order valence-corrected chi connectivity index (χ1v) is 16.2. The van der Waals surface area contributed by atoms with E-state index in [1.807, 2.05) is 36.4 Å². The summed E-state index contributed by atoms with van der Waals surface area (Å²) in [6, 6.07) is 50.8. The molecule has 0 bridgehead atoms. The molecule has 0 fully saturated rings. The second-order valence-corrected chi connectivity index (χ2v) is 12.5. The summed E-state index contributed by atoms with van der Waals surface area (Å²) in [5.74, 6) is 0. The van der Waals surface area contributed by atoms with E-state index in [2.05, 4.69) is 109 Å². The highest BCUT2D eigenvalue weighted by Gasteiger charge is 2.20. The molecular formula is C44H24N2O2. The Hall–Kier alpha value is -6.52. The molecule has 4 heteroatoms. The minimum Gasteiger partial charge on any atom is -0.456 e. The zero-order valence-electron chi connectivity index (χ0n) is 25.6. The number of benzene rings is 7. The Morgan fingerprint density at radius 2 is 1.12 bits per heavy atom. The highest BCUT2D eigenvalue weighted by molar-refractivity contribution is 6.22. The fraction of sp³-hybridized carbons (Fsp3) is 0. The number of pyridine rings is 2. The zero-order chi connectivity index (χ0) is 31.3. The fourth-order valence-corrected chi connectivity index (χ4v) is 7.58. The van der Waals surface area contributed by atoms with Crippen molar-refractivity contribution in [1.82, 2.24) is 9.97 Å². The molecule has 0 spiro atoms. The van der Waals surface area contributed by atoms with Crippen LogP contribution in [-0.4, -0.2) is 9.97 Å². The molecule has 0 aliphatic carbocycles. The van der Waals surface area contributed by atoms with E-state index in [0.717, 1.165) is 104 Å². The lowest BCUT2D eigenvalue weighted by molar-refractivity contribution is 0.666. The molecule has 4 aromatic heterocycles. The maximum Gasteiger partial charge on any atom is 0.147 e. The number of rotatable bonds is 2. The number of hydrogen-bond acceptors (Lipinski definition) is 4. The first-order valence-electron chi connectivity index (χ1n) is 16.2. The van der Waals surface area contributed by atoms with E-state index in [0.29, 0.717) is 0 Å². The zero-order valence-corrected chi connectivity index (χ0v) is 25.6. The Morgan fingerprint density at radius 3 is 2.02 bits per heavy atom. The maximum atomic E-state index is 6.62. The molecule has 4 heterocycles. The molecule has 0 unspecified atom stereocenters. The molecule has 0 aliphatic heterocycles. The van der Waals surface area contributed by atoms with Crippen molar-refractivity contribution in [2.24, 2.45) is 0 Å². The summed E-state index contributed by atoms with van der Waals surface area (Å²) in [5.41, 5.74) is 10.5. The van der Waals surface area contributed by atoms with Gasteiger partial charge in [-0.1, -0.05) is 97.1 Å². The smallest absolute Gasteiger partial charge is 0.147 e. The second-order valence-electron chi connectivity index (χ2n) is 12.5. The van der Waals surface area contributed by atoms with Crippen LogP contribution in [-0.2, 0) is 0 Å². The number of para-hydroxylation sites is 3. The molecule has 0 radical (unpaired) electrons. The third-order valence-corrected chi connectivity index (χ3v) is 9.78. The van der Waals surface area contributed by atoms with Crippen LogP contribution in [0.3, 0.4) is 0 Å². The van der Waals surface area contributed by atoms with Gasteiger partial charge in [-0.15, -0.1) is 0 Å². The van der Waals surface area contributed by atoms with Gasteiger partial charge in [-0.25, -0.2) is 9.97 Å². The lowest BCUT2D eigenvalue weighted by Gasteiger charge is -2.13. The van der Waals surface area contributed by atoms with Crippen molar-refractivity contribution in [2.75, 3.05) is 0 Å². The standard InChI is InChI=1S/C44H24N2O2/c1-6-17-36-26(10-1)21-28-22-33(29-13-2-3-15-31(29)42(28)45-36)25-11-9-12-27(20-25)43-41-32-16-5-8-19-39(32)48-44(41)35-24-40-34(23-37(35)46-43)30-14-4-7-18-38(30)47-40/h1-24H. The van der Waals surface area contributed by atoms with Gasteiger partial charge in [-0.2, -0.15) is 0 Å². The summed E-state index contributed by atoms with van der Waals surface area (Å²) in [7, 11) is 0. The van der Waals surface area contributed by atoms with Gasteiger partial charge in [0.2, 0.25) is 0 Å². The van der Waals surface area contributed by atoms with Crippen molar-refractivity contribution in [3.63, 3.8) is 0 Å². The Morgan fingerprint density at radius 1 is 0.396 bits per heavy atom. The minimum atomic E-state index is 0.818. The van der Waals surface area contributed by atoms with Gasteiger partial charge >= 0.3 is 0 Å². The molecule has 7 aromatic carbocycles. The van der Waals surface area contributed by atoms with Crippen LogP contribution in [0.5, 0.6) is 0 Å². The summed E-state index contributed by atoms with van der Waals surface area (Å²) < 4.78 is 12.9. The van der Waals surface area contributed by atoms with Gasteiger partial charge in [-0.05, 0) is 65.0 Å². The molecule has 0 saturated heterocycles. The van der Waals surface area contributed by atoms with Crippen LogP contribution < -0.4 is 0 Å². The average Bonchev–Trinajstić information content (AvgIpc) is 3.71. The average molecular weight is 613 g/mol. The van der Waals surface area contributed by atoms with Gasteiger partial charge in [0.1, 0.15) is 22.3 Å². The molecule has 48 heavy (non-hydrogen) atoms. The van der Waals surface area contributed by atoms with Crippen molar-refractivity contribution < 1.29 is 8.83 Å². The van der Waals surface area contributed by atoms with Gasteiger partial charge in [0.25, 0.3) is 0 Å². The van der Waals surface area contributed by atoms with Gasteiger partial charge in [0.15, 0.2) is 0 Å². The van der Waals surface area contributed by atoms with Crippen molar-refractivity contribution in [3.8, 4) is 22.4 Å². The van der Waals surface area contributed by atoms with E-state index >= 15 is 0 Å². The van der Waals surface area contributed by atoms with E-state index in [1.54, 1.807) is 0 Å². The Labute approximate surface area is 273 Å². The van der Waals surface area contributed by atoms with E-state index < -0.39 is 0 Å². The normalized spacial score (nSPS) is 12.2. The summed E-state index contributed by atoms with van der Waals surface area (Å²) in [4.78, 5) is 10.5. The minimum absolute atomic E-state index is 0.818. The number of hydrogen-bond donors (Lipinski definition) is 0. The van der Waals surface area contributed by atoms with Crippen molar-refractivity contribution in [1.29, 1.82) is 0 Å². The molecule has 11 rings (SSSR count). The quantitative estimate of drug-likeness (QED) is 0.144. The third-order valence-electron chi connectivity index (χ3n) is 9.78. The molecule has 222 valence electrons. The molecule has 0 N–H and O–H groups in total. The fourth-order valence-electron chi connectivity index (χ4n) is 7.58. The second kappa shape index (κ2) is 9.50. The van der Waals surface area contributed by atoms with Crippen molar-refractivity contribution >= 4 is 87.4 Å². The molecule has 0 amide bonds. The summed E-state index contributed by atoms with van der Waals surface area (Å²) in [5, 5.41) is 9.68. The SMILES string of the molecule is c1cc(-c2cc3cc4ccccc4nc3c3ccccc23)cc(-c2nc3cc4c(cc3c3oc5ccccc5c23)oc2ccccc24)c1. The molecule has 0 atom stereocenters. The highest BCUT2D eigenvalue weighted by atomic mass is 16.3. The number of furan rings is 2. The molecule has 0 saturated carbocycles. The number of nitrogens with zero attached hydrogens (tertiary/aromatic N) is 2. The monoisotopic (exact) mass is 612 g/mol. The summed E-state index contributed by atoms with van der Waals surface area (Å²) in [6.45, 7) is 0. The number of aromatic nitrogens is 2. The topological polar surface area (TPSA) is 52.1 Å². The summed E-state index contributed by atoms with van der Waals surface area (Å²) >= 11 is 0. The molecule has 0 aliphatic rings. The first-order chi connectivity index (χ1) is 23.8. The van der Waals surface area contributed by atoms with Crippen LogP contribution in [0.2, 0.25) is 0 Å². The lowest BCUT2D eigenvalue weighted by Crippen LogP contribution is -1.91. The largest absolute Gasteiger partial charge is 0.456 e. The maximum absolute atomic E-state index is 6.62. The third kappa shape index (κ3) is 3.60. The van der Waals surface area contributed by atoms with Gasteiger partial charge in [0, 0.05) is 43.3 Å². The molecular weight excluding hydrogens is 588 g/mol. The van der Waals surface area contributed by atoms with Crippen LogP contribution in [0.25, 0.3) is 110 Å². The van der Waals surface area contributed by atoms with Gasteiger partial charge < -0.3 is 8.83 Å². The predicted octanol–water partition coefficient (Wildman–Crippen LogP) is 12.2. The number of fused-ring (bicyclic) bond motifs is 12. The van der Waals surface area contributed by atoms with E-state index in [4.69, 9.17) is 18.8 Å². The van der Waals surface area contributed by atoms with Crippen LogP contribution in [0.15, 0.2) is 154 Å². The van der Waals surface area contributed by atoms with Crippen LogP contribution in [0, 0.1) is 0 Å². The van der Waals surface area contributed by atoms with Crippen LogP contribution >= 0.6 is 0 Å².